The second kappa shape index (κ2) is 5.59. The summed E-state index contributed by atoms with van der Waals surface area (Å²) in [4.78, 5) is -0.0731. The van der Waals surface area contributed by atoms with Crippen LogP contribution in [-0.2, 0) is 20.0 Å². The Labute approximate surface area is 121 Å². The zero-order chi connectivity index (χ0) is 13.4. The van der Waals surface area contributed by atoms with Crippen LogP contribution in [0.1, 0.15) is 0 Å². The van der Waals surface area contributed by atoms with Gasteiger partial charge in [-0.05, 0) is 18.2 Å². The monoisotopic (exact) mass is 340 g/mol. The molecule has 1 N–H and O–H groups in total. The van der Waals surface area contributed by atoms with Crippen LogP contribution in [-0.4, -0.2) is 21.4 Å². The molecule has 0 saturated heterocycles. The molecule has 0 atom stereocenters. The molecule has 0 aliphatic heterocycles. The molecule has 5 nitrogen and oxygen atoms in total. The summed E-state index contributed by atoms with van der Waals surface area (Å²) in [6, 6.07) is 8.60. The summed E-state index contributed by atoms with van der Waals surface area (Å²) in [5, 5.41) is 1.19. The van der Waals surface area contributed by atoms with Gasteiger partial charge in [0.05, 0.1) is 9.79 Å². The van der Waals surface area contributed by atoms with E-state index in [1.54, 1.807) is 18.2 Å². The molecule has 0 bridgehead atoms. The molecule has 2 rings (SSSR count). The number of hydrogen-bond acceptors (Lipinski definition) is 5. The Kier molecular flexibility index (Phi) is 4.75. The first-order valence-electron chi connectivity index (χ1n) is 4.68. The van der Waals surface area contributed by atoms with Crippen LogP contribution in [0.2, 0.25) is 0 Å². The highest BCUT2D eigenvalue weighted by Crippen LogP contribution is 2.27. The predicted molar refractivity (Wildman–Crippen MR) is 73.3 cm³/mol. The zero-order valence-corrected chi connectivity index (χ0v) is 12.5. The second-order valence-corrected chi connectivity index (χ2v) is 7.90. The smallest absolute Gasteiger partial charge is 0.281 e. The standard InChI is InChI=1S/C10H8O5S3.ClH/c11-17(12,8-4-2-1-3-5-8)9-6-10(16-7-9)18(13,14)15;/h1-7H,(H,13,14,15);1H. The van der Waals surface area contributed by atoms with Crippen LogP contribution in [0.25, 0.3) is 0 Å². The molecular weight excluding hydrogens is 332 g/mol. The molecular formula is C10H9ClO5S3. The normalized spacial score (nSPS) is 11.8. The fourth-order valence-electron chi connectivity index (χ4n) is 1.31. The van der Waals surface area contributed by atoms with Crippen LogP contribution in [0.15, 0.2) is 55.8 Å². The van der Waals surface area contributed by atoms with E-state index in [1.165, 1.54) is 17.5 Å². The number of sulfone groups is 1. The largest absolute Gasteiger partial charge is 0.304 e. The molecule has 1 heterocycles. The Hall–Kier alpha value is -0.930. The molecule has 0 amide bonds. The fourth-order valence-corrected chi connectivity index (χ4v) is 4.58. The zero-order valence-electron chi connectivity index (χ0n) is 9.25. The summed E-state index contributed by atoms with van der Waals surface area (Å²) in [7, 11) is -8.11. The van der Waals surface area contributed by atoms with Gasteiger partial charge in [0.15, 0.2) is 0 Å². The van der Waals surface area contributed by atoms with E-state index in [0.29, 0.717) is 11.3 Å². The van der Waals surface area contributed by atoms with Gasteiger partial charge in [0, 0.05) is 5.38 Å². The van der Waals surface area contributed by atoms with E-state index in [2.05, 4.69) is 0 Å². The van der Waals surface area contributed by atoms with Gasteiger partial charge in [-0.25, -0.2) is 8.42 Å². The lowest BCUT2D eigenvalue weighted by atomic mass is 10.4. The number of rotatable bonds is 3. The summed E-state index contributed by atoms with van der Waals surface area (Å²) < 4.78 is 54.4. The van der Waals surface area contributed by atoms with Gasteiger partial charge in [0.1, 0.15) is 4.21 Å². The van der Waals surface area contributed by atoms with E-state index in [9.17, 15) is 16.8 Å². The van der Waals surface area contributed by atoms with Crippen LogP contribution >= 0.6 is 23.7 Å². The summed E-state index contributed by atoms with van der Waals surface area (Å²) in [6.45, 7) is 0. The van der Waals surface area contributed by atoms with Crippen molar-refractivity contribution in [2.45, 2.75) is 14.0 Å². The van der Waals surface area contributed by atoms with Crippen molar-refractivity contribution in [2.75, 3.05) is 0 Å². The molecule has 9 heteroatoms. The Bertz CT molecular complexity index is 763. The lowest BCUT2D eigenvalue weighted by Crippen LogP contribution is -2.00. The summed E-state index contributed by atoms with van der Waals surface area (Å²) in [5.41, 5.74) is 0. The quantitative estimate of drug-likeness (QED) is 0.866. The van der Waals surface area contributed by atoms with Gasteiger partial charge in [0.25, 0.3) is 0 Å². The summed E-state index contributed by atoms with van der Waals surface area (Å²) in [6.07, 6.45) is 0. The van der Waals surface area contributed by atoms with Crippen LogP contribution in [0.4, 0.5) is 0 Å². The van der Waals surface area contributed by atoms with Gasteiger partial charge in [-0.2, -0.15) is 8.42 Å². The van der Waals surface area contributed by atoms with Gasteiger partial charge in [-0.15, -0.1) is 23.7 Å². The summed E-state index contributed by atoms with van der Waals surface area (Å²) >= 11 is 0.661. The Morgan fingerprint density at radius 2 is 1.53 bits per heavy atom. The van der Waals surface area contributed by atoms with E-state index in [1.807, 2.05) is 0 Å². The number of thiophene rings is 1. The van der Waals surface area contributed by atoms with Crippen molar-refractivity contribution in [3.8, 4) is 0 Å². The Morgan fingerprint density at radius 3 is 2.00 bits per heavy atom. The SMILES string of the molecule is Cl.O=S(=O)(O)c1cc(S(=O)(=O)c2ccccc2)cs1. The van der Waals surface area contributed by atoms with Gasteiger partial charge in [-0.3, -0.25) is 4.55 Å². The molecule has 1 aromatic heterocycles. The van der Waals surface area contributed by atoms with Gasteiger partial charge in [-0.1, -0.05) is 18.2 Å². The van der Waals surface area contributed by atoms with Crippen molar-refractivity contribution in [1.82, 2.24) is 0 Å². The topological polar surface area (TPSA) is 88.5 Å². The highest BCUT2D eigenvalue weighted by Gasteiger charge is 2.22. The maximum Gasteiger partial charge on any atom is 0.304 e. The van der Waals surface area contributed by atoms with E-state index in [0.717, 1.165) is 6.07 Å². The van der Waals surface area contributed by atoms with E-state index in [-0.39, 0.29) is 22.2 Å². The molecule has 19 heavy (non-hydrogen) atoms. The van der Waals surface area contributed by atoms with E-state index in [4.69, 9.17) is 4.55 Å². The minimum absolute atomic E-state index is 0. The average molecular weight is 341 g/mol. The van der Waals surface area contributed by atoms with Crippen molar-refractivity contribution in [3.05, 3.63) is 41.8 Å². The molecule has 104 valence electrons. The number of halogens is 1. The summed E-state index contributed by atoms with van der Waals surface area (Å²) in [5.74, 6) is 0. The van der Waals surface area contributed by atoms with Crippen LogP contribution in [0, 0.1) is 0 Å². The van der Waals surface area contributed by atoms with E-state index >= 15 is 0 Å². The molecule has 2 aromatic rings. The van der Waals surface area contributed by atoms with Gasteiger partial charge < -0.3 is 0 Å². The molecule has 0 aliphatic rings. The van der Waals surface area contributed by atoms with E-state index < -0.39 is 24.2 Å². The van der Waals surface area contributed by atoms with Crippen molar-refractivity contribution < 1.29 is 21.4 Å². The lowest BCUT2D eigenvalue weighted by molar-refractivity contribution is 0.485. The number of hydrogen-bond donors (Lipinski definition) is 1. The van der Waals surface area contributed by atoms with Gasteiger partial charge >= 0.3 is 10.1 Å². The molecule has 0 unspecified atom stereocenters. The lowest BCUT2D eigenvalue weighted by Gasteiger charge is -2.00. The first kappa shape index (κ1) is 16.1. The van der Waals surface area contributed by atoms with Crippen molar-refractivity contribution >= 4 is 43.7 Å². The fraction of sp³-hybridized carbons (Fsp3) is 0. The first-order valence-corrected chi connectivity index (χ1v) is 8.48. The highest BCUT2D eigenvalue weighted by molar-refractivity contribution is 7.92. The maximum atomic E-state index is 12.1. The number of benzene rings is 1. The van der Waals surface area contributed by atoms with Crippen molar-refractivity contribution in [2.24, 2.45) is 0 Å². The second-order valence-electron chi connectivity index (χ2n) is 3.39. The molecule has 0 spiro atoms. The maximum absolute atomic E-state index is 12.1. The Morgan fingerprint density at radius 1 is 0.947 bits per heavy atom. The minimum atomic E-state index is -4.37. The van der Waals surface area contributed by atoms with Gasteiger partial charge in [0.2, 0.25) is 9.84 Å². The average Bonchev–Trinajstić information content (AvgIpc) is 2.79. The first-order chi connectivity index (χ1) is 8.32. The van der Waals surface area contributed by atoms with Crippen LogP contribution < -0.4 is 0 Å². The third-order valence-electron chi connectivity index (χ3n) is 2.17. The van der Waals surface area contributed by atoms with Crippen LogP contribution in [0.5, 0.6) is 0 Å². The van der Waals surface area contributed by atoms with Crippen molar-refractivity contribution in [3.63, 3.8) is 0 Å². The molecule has 0 saturated carbocycles. The third kappa shape index (κ3) is 3.34. The predicted octanol–water partition coefficient (Wildman–Crippen LogP) is 2.25. The molecule has 1 aromatic carbocycles. The molecule has 0 aliphatic carbocycles. The highest BCUT2D eigenvalue weighted by atomic mass is 35.5. The molecule has 0 fully saturated rings. The molecule has 0 radical (unpaired) electrons. The third-order valence-corrected chi connectivity index (χ3v) is 6.34. The van der Waals surface area contributed by atoms with Crippen LogP contribution in [0.3, 0.4) is 0 Å². The Balaban J connectivity index is 0.00000180. The van der Waals surface area contributed by atoms with Crippen molar-refractivity contribution in [1.29, 1.82) is 0 Å². The minimum Gasteiger partial charge on any atom is -0.281 e.